The molecule has 1 aromatic heterocycles. The van der Waals surface area contributed by atoms with Gasteiger partial charge in [-0.25, -0.2) is 10.2 Å². The van der Waals surface area contributed by atoms with Crippen molar-refractivity contribution in [3.63, 3.8) is 0 Å². The number of hydrogen-bond acceptors (Lipinski definition) is 3. The molecule has 0 aliphatic rings. The van der Waals surface area contributed by atoms with Gasteiger partial charge in [-0.15, -0.1) is 6.58 Å². The van der Waals surface area contributed by atoms with E-state index in [1.54, 1.807) is 0 Å². The lowest BCUT2D eigenvalue weighted by Gasteiger charge is -2.20. The van der Waals surface area contributed by atoms with Crippen LogP contribution in [0.15, 0.2) is 67.4 Å². The zero-order valence-electron chi connectivity index (χ0n) is 20.0. The van der Waals surface area contributed by atoms with Crippen molar-refractivity contribution in [2.75, 3.05) is 12.5 Å². The quantitative estimate of drug-likeness (QED) is 0.255. The molecule has 4 rings (SSSR count). The number of allylic oxidation sites excluding steroid dienone is 1. The minimum atomic E-state index is -0.548. The van der Waals surface area contributed by atoms with Crippen LogP contribution in [0.4, 0.5) is 10.5 Å². The first-order chi connectivity index (χ1) is 15.8. The van der Waals surface area contributed by atoms with E-state index in [0.717, 1.165) is 39.6 Å². The van der Waals surface area contributed by atoms with Gasteiger partial charge in [-0.3, -0.25) is 5.43 Å². The van der Waals surface area contributed by atoms with Crippen LogP contribution in [0.1, 0.15) is 37.5 Å². The van der Waals surface area contributed by atoms with E-state index < -0.39 is 6.09 Å². The van der Waals surface area contributed by atoms with E-state index in [2.05, 4.69) is 85.4 Å². The molecule has 1 heterocycles. The minimum absolute atomic E-state index is 0.214. The molecule has 0 aliphatic heterocycles. The number of carbonyl (C=O) groups is 1. The number of hydrogen-bond donors (Lipinski definition) is 2. The van der Waals surface area contributed by atoms with Crippen LogP contribution in [0.25, 0.3) is 27.4 Å². The fraction of sp³-hybridized carbons (Fsp3) is 0.250. The van der Waals surface area contributed by atoms with Gasteiger partial charge in [0.05, 0.1) is 24.0 Å². The molecule has 3 aromatic carbocycles. The monoisotopic (exact) mass is 441 g/mol. The number of anilines is 1. The Hall–Kier alpha value is -3.73. The van der Waals surface area contributed by atoms with Gasteiger partial charge in [-0.2, -0.15) is 0 Å². The zero-order valence-corrected chi connectivity index (χ0v) is 20.0. The summed E-state index contributed by atoms with van der Waals surface area (Å²) in [7, 11) is 1.35. The molecular weight excluding hydrogens is 410 g/mol. The molecule has 0 spiro atoms. The molecule has 0 radical (unpaired) electrons. The van der Waals surface area contributed by atoms with Crippen LogP contribution in [-0.2, 0) is 16.6 Å². The minimum Gasteiger partial charge on any atom is -0.452 e. The van der Waals surface area contributed by atoms with E-state index in [9.17, 15) is 4.79 Å². The number of aromatic nitrogens is 1. The highest BCUT2D eigenvalue weighted by molar-refractivity contribution is 6.00. The smallest absolute Gasteiger partial charge is 0.425 e. The van der Waals surface area contributed by atoms with Gasteiger partial charge in [-0.1, -0.05) is 63.2 Å². The van der Waals surface area contributed by atoms with E-state index in [1.807, 2.05) is 25.1 Å². The van der Waals surface area contributed by atoms with Crippen molar-refractivity contribution in [3.8, 4) is 5.69 Å². The number of nitrogens with one attached hydrogen (secondary N) is 2. The number of carbonyl (C=O) groups excluding carboxylic acids is 1. The topological polar surface area (TPSA) is 55.3 Å². The number of hydrazine groups is 1. The van der Waals surface area contributed by atoms with Crippen LogP contribution in [0.3, 0.4) is 0 Å². The summed E-state index contributed by atoms with van der Waals surface area (Å²) in [6.07, 6.45) is 4.60. The lowest BCUT2D eigenvalue weighted by Crippen LogP contribution is -2.30. The number of rotatable bonds is 6. The summed E-state index contributed by atoms with van der Waals surface area (Å²) < 4.78 is 7.02. The highest BCUT2D eigenvalue weighted by Crippen LogP contribution is 2.40. The maximum atomic E-state index is 11.9. The number of amides is 1. The molecule has 5 heteroatoms. The molecule has 0 saturated carbocycles. The first kappa shape index (κ1) is 22.5. The number of methoxy groups -OCH3 is 1. The van der Waals surface area contributed by atoms with Gasteiger partial charge in [0.25, 0.3) is 0 Å². The normalized spacial score (nSPS) is 11.5. The Labute approximate surface area is 195 Å². The second-order valence-corrected chi connectivity index (χ2v) is 8.92. The largest absolute Gasteiger partial charge is 0.452 e. The molecule has 5 nitrogen and oxygen atoms in total. The highest BCUT2D eigenvalue weighted by Gasteiger charge is 2.24. The van der Waals surface area contributed by atoms with Gasteiger partial charge in [-0.05, 0) is 47.6 Å². The molecule has 33 heavy (non-hydrogen) atoms. The molecule has 2 N–H and O–H groups in total. The van der Waals surface area contributed by atoms with Crippen LogP contribution in [0.2, 0.25) is 0 Å². The third kappa shape index (κ3) is 3.95. The second kappa shape index (κ2) is 8.66. The Morgan fingerprint density at radius 2 is 1.91 bits per heavy atom. The van der Waals surface area contributed by atoms with E-state index in [-0.39, 0.29) is 5.41 Å². The third-order valence-electron chi connectivity index (χ3n) is 6.42. The highest BCUT2D eigenvalue weighted by atomic mass is 16.5. The maximum Gasteiger partial charge on any atom is 0.425 e. The molecule has 1 amide bonds. The van der Waals surface area contributed by atoms with Crippen molar-refractivity contribution in [1.29, 1.82) is 0 Å². The molecule has 0 aliphatic carbocycles. The van der Waals surface area contributed by atoms with E-state index in [0.29, 0.717) is 0 Å². The molecule has 170 valence electrons. The summed E-state index contributed by atoms with van der Waals surface area (Å²) in [5.74, 6) is 0. The number of benzene rings is 3. The van der Waals surface area contributed by atoms with E-state index in [1.165, 1.54) is 23.6 Å². The lowest BCUT2D eigenvalue weighted by molar-refractivity contribution is 0.173. The number of aryl methyl sites for hydroxylation is 2. The number of fused-ring (bicyclic) bond motifs is 2. The summed E-state index contributed by atoms with van der Waals surface area (Å²) in [5.41, 5.74) is 11.9. The van der Waals surface area contributed by atoms with Gasteiger partial charge in [0, 0.05) is 22.4 Å². The molecule has 0 saturated heterocycles. The molecule has 0 fully saturated rings. The third-order valence-corrected chi connectivity index (χ3v) is 6.42. The van der Waals surface area contributed by atoms with Gasteiger partial charge < -0.3 is 9.30 Å². The van der Waals surface area contributed by atoms with Crippen molar-refractivity contribution in [1.82, 2.24) is 9.99 Å². The average molecular weight is 442 g/mol. The van der Waals surface area contributed by atoms with Crippen LogP contribution < -0.4 is 10.9 Å². The van der Waals surface area contributed by atoms with Crippen molar-refractivity contribution < 1.29 is 9.53 Å². The van der Waals surface area contributed by atoms with Gasteiger partial charge in [0.15, 0.2) is 0 Å². The standard InChI is InChI=1S/C28H31N3O2/c1-7-19-13-14-22-23(28(4,5)8-2)17-31(24(22)16-19)26-21-12-10-9-11-20(21)15-18(3)25(26)29-30-27(32)33-6/h8-17,29H,2,7H2,1,3-6H3,(H,30,32). The molecule has 0 bridgehead atoms. The van der Waals surface area contributed by atoms with Gasteiger partial charge >= 0.3 is 6.09 Å². The Bertz CT molecular complexity index is 1360. The van der Waals surface area contributed by atoms with E-state index >= 15 is 0 Å². The summed E-state index contributed by atoms with van der Waals surface area (Å²) in [5, 5.41) is 3.40. The van der Waals surface area contributed by atoms with Crippen LogP contribution >= 0.6 is 0 Å². The fourth-order valence-corrected chi connectivity index (χ4v) is 4.34. The summed E-state index contributed by atoms with van der Waals surface area (Å²) >= 11 is 0. The fourth-order valence-electron chi connectivity index (χ4n) is 4.34. The van der Waals surface area contributed by atoms with Crippen LogP contribution in [-0.4, -0.2) is 17.8 Å². The average Bonchev–Trinajstić information content (AvgIpc) is 3.21. The maximum absolute atomic E-state index is 11.9. The second-order valence-electron chi connectivity index (χ2n) is 8.92. The Morgan fingerprint density at radius 1 is 1.15 bits per heavy atom. The molecule has 0 unspecified atom stereocenters. The van der Waals surface area contributed by atoms with Gasteiger partial charge in [0.1, 0.15) is 0 Å². The predicted molar refractivity (Wildman–Crippen MR) is 137 cm³/mol. The first-order valence-corrected chi connectivity index (χ1v) is 11.2. The molecular formula is C28H31N3O2. The number of ether oxygens (including phenoxy) is 1. The predicted octanol–water partition coefficient (Wildman–Crippen LogP) is 6.80. The van der Waals surface area contributed by atoms with Crippen molar-refractivity contribution in [2.24, 2.45) is 0 Å². The summed E-state index contributed by atoms with van der Waals surface area (Å²) in [6, 6.07) is 17.1. The SMILES string of the molecule is C=CC(C)(C)c1cn(-c2c(NNC(=O)OC)c(C)cc3ccccc23)c2cc(CC)ccc12. The lowest BCUT2D eigenvalue weighted by atomic mass is 9.84. The molecule has 0 atom stereocenters. The van der Waals surface area contributed by atoms with Crippen molar-refractivity contribution >= 4 is 33.5 Å². The molecule has 4 aromatic rings. The Kier molecular flexibility index (Phi) is 5.90. The summed E-state index contributed by atoms with van der Waals surface area (Å²) in [4.78, 5) is 11.9. The summed E-state index contributed by atoms with van der Waals surface area (Å²) in [6.45, 7) is 12.6. The van der Waals surface area contributed by atoms with Gasteiger partial charge in [0.2, 0.25) is 0 Å². The Balaban J connectivity index is 2.10. The zero-order chi connectivity index (χ0) is 23.8. The van der Waals surface area contributed by atoms with E-state index in [4.69, 9.17) is 4.74 Å². The first-order valence-electron chi connectivity index (χ1n) is 11.2. The Morgan fingerprint density at radius 3 is 2.61 bits per heavy atom. The van der Waals surface area contributed by atoms with Crippen LogP contribution in [0.5, 0.6) is 0 Å². The van der Waals surface area contributed by atoms with Crippen LogP contribution in [0, 0.1) is 6.92 Å². The van der Waals surface area contributed by atoms with Crippen molar-refractivity contribution in [2.45, 2.75) is 39.5 Å². The number of nitrogens with zero attached hydrogens (tertiary/aromatic N) is 1. The van der Waals surface area contributed by atoms with Crippen molar-refractivity contribution in [3.05, 3.63) is 84.1 Å².